The van der Waals surface area contributed by atoms with Gasteiger partial charge in [-0.25, -0.2) is 13.1 Å². The van der Waals surface area contributed by atoms with Crippen molar-refractivity contribution in [3.05, 3.63) is 51.2 Å². The fraction of sp³-hybridized carbons (Fsp3) is 0.389. The first kappa shape index (κ1) is 20.3. The van der Waals surface area contributed by atoms with E-state index < -0.39 is 15.9 Å². The second-order valence-electron chi connectivity index (χ2n) is 6.71. The topological polar surface area (TPSA) is 92.5 Å². The van der Waals surface area contributed by atoms with Crippen LogP contribution in [0.4, 0.5) is 0 Å². The minimum absolute atomic E-state index is 0.0969. The highest BCUT2D eigenvalue weighted by molar-refractivity contribution is 7.89. The van der Waals surface area contributed by atoms with E-state index >= 15 is 0 Å². The molecule has 3 N–H and O–H groups in total. The van der Waals surface area contributed by atoms with E-state index in [0.29, 0.717) is 12.5 Å². The predicted molar refractivity (Wildman–Crippen MR) is 107 cm³/mol. The Morgan fingerprint density at radius 2 is 2.04 bits per heavy atom. The number of rotatable bonds is 7. The lowest BCUT2D eigenvalue weighted by atomic mass is 9.97. The molecular formula is C18H22ClN3O3S2. The number of likely N-dealkylation sites (tertiary alicyclic amines) is 1. The summed E-state index contributed by atoms with van der Waals surface area (Å²) in [5.74, 6) is -0.321. The summed E-state index contributed by atoms with van der Waals surface area (Å²) in [5.41, 5.74) is 6.37. The zero-order chi connectivity index (χ0) is 19.4. The quantitative estimate of drug-likeness (QED) is 0.710. The van der Waals surface area contributed by atoms with Gasteiger partial charge in [0.2, 0.25) is 10.0 Å². The van der Waals surface area contributed by atoms with Crippen LogP contribution in [0, 0.1) is 5.92 Å². The van der Waals surface area contributed by atoms with Gasteiger partial charge in [-0.2, -0.15) is 0 Å². The maximum absolute atomic E-state index is 12.4. The summed E-state index contributed by atoms with van der Waals surface area (Å²) in [7, 11) is -3.61. The van der Waals surface area contributed by atoms with Crippen molar-refractivity contribution in [3.8, 4) is 0 Å². The number of nitrogens with two attached hydrogens (primary N) is 1. The predicted octanol–water partition coefficient (Wildman–Crippen LogP) is 2.69. The monoisotopic (exact) mass is 427 g/mol. The molecule has 0 spiro atoms. The summed E-state index contributed by atoms with van der Waals surface area (Å²) >= 11 is 7.07. The smallest absolute Gasteiger partial charge is 0.258 e. The molecule has 9 heteroatoms. The number of hydrogen-bond donors (Lipinski definition) is 2. The van der Waals surface area contributed by atoms with E-state index in [9.17, 15) is 13.2 Å². The molecule has 0 aliphatic carbocycles. The molecule has 2 aromatic rings. The van der Waals surface area contributed by atoms with Gasteiger partial charge >= 0.3 is 0 Å². The molecule has 0 radical (unpaired) electrons. The van der Waals surface area contributed by atoms with Crippen molar-refractivity contribution in [3.63, 3.8) is 0 Å². The fourth-order valence-corrected chi connectivity index (χ4v) is 5.60. The van der Waals surface area contributed by atoms with Crippen LogP contribution in [0.1, 0.15) is 28.1 Å². The number of halogens is 1. The van der Waals surface area contributed by atoms with Gasteiger partial charge in [0.25, 0.3) is 5.91 Å². The SMILES string of the molecule is NC(=O)c1cc(S(=O)(=O)NCC2CCN(Cc3cccc(Cl)c3)CC2)cs1. The Balaban J connectivity index is 1.48. The van der Waals surface area contributed by atoms with Crippen molar-refractivity contribution in [1.82, 2.24) is 9.62 Å². The number of thiophene rings is 1. The van der Waals surface area contributed by atoms with E-state index in [1.807, 2.05) is 18.2 Å². The highest BCUT2D eigenvalue weighted by Crippen LogP contribution is 2.22. The van der Waals surface area contributed by atoms with Crippen molar-refractivity contribution in [2.45, 2.75) is 24.3 Å². The van der Waals surface area contributed by atoms with Gasteiger partial charge in [0.15, 0.2) is 0 Å². The molecular weight excluding hydrogens is 406 g/mol. The molecule has 0 saturated carbocycles. The van der Waals surface area contributed by atoms with Crippen LogP contribution in [0.25, 0.3) is 0 Å². The molecule has 0 bridgehead atoms. The van der Waals surface area contributed by atoms with Crippen LogP contribution in [0.5, 0.6) is 0 Å². The minimum atomic E-state index is -3.61. The first-order valence-electron chi connectivity index (χ1n) is 8.68. The van der Waals surface area contributed by atoms with Crippen molar-refractivity contribution in [2.24, 2.45) is 11.7 Å². The van der Waals surface area contributed by atoms with Crippen LogP contribution < -0.4 is 10.5 Å². The van der Waals surface area contributed by atoms with Crippen LogP contribution >= 0.6 is 22.9 Å². The molecule has 1 amide bonds. The molecule has 1 saturated heterocycles. The average molecular weight is 428 g/mol. The number of nitrogens with one attached hydrogen (secondary N) is 1. The molecule has 146 valence electrons. The Hall–Kier alpha value is -1.45. The molecule has 0 atom stereocenters. The van der Waals surface area contributed by atoms with Gasteiger partial charge in [0, 0.05) is 23.5 Å². The Morgan fingerprint density at radius 3 is 2.67 bits per heavy atom. The molecule has 1 fully saturated rings. The van der Waals surface area contributed by atoms with Crippen molar-refractivity contribution in [2.75, 3.05) is 19.6 Å². The first-order valence-corrected chi connectivity index (χ1v) is 11.4. The van der Waals surface area contributed by atoms with Crippen molar-refractivity contribution >= 4 is 38.9 Å². The molecule has 1 aromatic carbocycles. The lowest BCUT2D eigenvalue weighted by Crippen LogP contribution is -2.38. The van der Waals surface area contributed by atoms with E-state index in [1.54, 1.807) is 0 Å². The van der Waals surface area contributed by atoms with Gasteiger partial charge in [-0.3, -0.25) is 9.69 Å². The second-order valence-corrected chi connectivity index (χ2v) is 9.83. The normalized spacial score (nSPS) is 16.5. The molecule has 1 aliphatic heterocycles. The third-order valence-electron chi connectivity index (χ3n) is 4.69. The second kappa shape index (κ2) is 8.70. The maximum Gasteiger partial charge on any atom is 0.258 e. The Morgan fingerprint density at radius 1 is 1.30 bits per heavy atom. The lowest BCUT2D eigenvalue weighted by molar-refractivity contribution is 0.100. The van der Waals surface area contributed by atoms with Crippen LogP contribution in [0.15, 0.2) is 40.6 Å². The highest BCUT2D eigenvalue weighted by Gasteiger charge is 2.23. The molecule has 1 aromatic heterocycles. The number of sulfonamides is 1. The van der Waals surface area contributed by atoms with E-state index in [0.717, 1.165) is 48.8 Å². The van der Waals surface area contributed by atoms with Gasteiger partial charge in [-0.1, -0.05) is 23.7 Å². The summed E-state index contributed by atoms with van der Waals surface area (Å²) in [6, 6.07) is 9.18. The van der Waals surface area contributed by atoms with Crippen LogP contribution in [0.3, 0.4) is 0 Å². The average Bonchev–Trinajstić information content (AvgIpc) is 3.13. The molecule has 27 heavy (non-hydrogen) atoms. The summed E-state index contributed by atoms with van der Waals surface area (Å²) in [6.07, 6.45) is 1.86. The van der Waals surface area contributed by atoms with E-state index in [1.165, 1.54) is 17.0 Å². The van der Waals surface area contributed by atoms with Gasteiger partial charge in [-0.15, -0.1) is 11.3 Å². The standard InChI is InChI=1S/C18H22ClN3O3S2/c19-15-3-1-2-14(8-15)11-22-6-4-13(5-7-22)10-21-27(24,25)16-9-17(18(20)23)26-12-16/h1-3,8-9,12-13,21H,4-7,10-11H2,(H2,20,23). The zero-order valence-corrected chi connectivity index (χ0v) is 17.1. The summed E-state index contributed by atoms with van der Waals surface area (Å²) in [5, 5.41) is 2.18. The number of carbonyl (C=O) groups is 1. The van der Waals surface area contributed by atoms with Crippen LogP contribution in [0.2, 0.25) is 5.02 Å². The molecule has 3 rings (SSSR count). The van der Waals surface area contributed by atoms with Crippen LogP contribution in [-0.4, -0.2) is 38.9 Å². The molecule has 6 nitrogen and oxygen atoms in total. The van der Waals surface area contributed by atoms with Gasteiger partial charge in [0.1, 0.15) is 0 Å². The summed E-state index contributed by atoms with van der Waals surface area (Å²) in [6.45, 7) is 3.09. The lowest BCUT2D eigenvalue weighted by Gasteiger charge is -2.32. The molecule has 2 heterocycles. The number of benzene rings is 1. The number of nitrogens with zero attached hydrogens (tertiary/aromatic N) is 1. The Kier molecular flexibility index (Phi) is 6.54. The summed E-state index contributed by atoms with van der Waals surface area (Å²) in [4.78, 5) is 13.8. The summed E-state index contributed by atoms with van der Waals surface area (Å²) < 4.78 is 27.4. The number of piperidine rings is 1. The van der Waals surface area contributed by atoms with E-state index in [2.05, 4.69) is 15.7 Å². The third-order valence-corrected chi connectivity index (χ3v) is 7.43. The number of amides is 1. The highest BCUT2D eigenvalue weighted by atomic mass is 35.5. The maximum atomic E-state index is 12.4. The molecule has 0 unspecified atom stereocenters. The number of hydrogen-bond acceptors (Lipinski definition) is 5. The van der Waals surface area contributed by atoms with Gasteiger partial charge < -0.3 is 5.73 Å². The molecule has 1 aliphatic rings. The van der Waals surface area contributed by atoms with Crippen molar-refractivity contribution < 1.29 is 13.2 Å². The Bertz CT molecular complexity index is 906. The number of primary amides is 1. The van der Waals surface area contributed by atoms with Gasteiger partial charge in [0.05, 0.1) is 9.77 Å². The first-order chi connectivity index (χ1) is 12.8. The Labute approximate surface area is 168 Å². The fourth-order valence-electron chi connectivity index (χ4n) is 3.14. The third kappa shape index (κ3) is 5.52. The van der Waals surface area contributed by atoms with Crippen LogP contribution in [-0.2, 0) is 16.6 Å². The van der Waals surface area contributed by atoms with E-state index in [4.69, 9.17) is 17.3 Å². The van der Waals surface area contributed by atoms with Gasteiger partial charge in [-0.05, 0) is 55.6 Å². The minimum Gasteiger partial charge on any atom is -0.365 e. The largest absolute Gasteiger partial charge is 0.365 e. The van der Waals surface area contributed by atoms with E-state index in [-0.39, 0.29) is 9.77 Å². The number of carbonyl (C=O) groups excluding carboxylic acids is 1. The van der Waals surface area contributed by atoms with Crippen molar-refractivity contribution in [1.29, 1.82) is 0 Å². The zero-order valence-electron chi connectivity index (χ0n) is 14.7.